The predicted octanol–water partition coefficient (Wildman–Crippen LogP) is 3.15. The second kappa shape index (κ2) is 5.26. The molecular weight excluding hydrogens is 277 g/mol. The normalized spacial score (nSPS) is 28.0. The summed E-state index contributed by atoms with van der Waals surface area (Å²) in [5.41, 5.74) is -3.03. The van der Waals surface area contributed by atoms with E-state index in [0.29, 0.717) is 0 Å². The lowest BCUT2D eigenvalue weighted by Crippen LogP contribution is -2.48. The van der Waals surface area contributed by atoms with Crippen molar-refractivity contribution in [3.05, 3.63) is 0 Å². The van der Waals surface area contributed by atoms with Crippen molar-refractivity contribution in [2.24, 2.45) is 11.3 Å². The molecule has 0 aliphatic heterocycles. The van der Waals surface area contributed by atoms with E-state index >= 15 is 0 Å². The van der Waals surface area contributed by atoms with E-state index < -0.39 is 41.5 Å². The Bertz CT molecular complexity index is 397. The van der Waals surface area contributed by atoms with Crippen LogP contribution in [0.25, 0.3) is 0 Å². The lowest BCUT2D eigenvalue weighted by Gasteiger charge is -2.37. The van der Waals surface area contributed by atoms with E-state index in [-0.39, 0.29) is 19.3 Å². The number of alkyl halides is 3. The molecule has 1 rings (SSSR count). The van der Waals surface area contributed by atoms with E-state index in [1.54, 1.807) is 20.8 Å². The third-order valence-corrected chi connectivity index (χ3v) is 3.41. The molecule has 0 bridgehead atoms. The summed E-state index contributed by atoms with van der Waals surface area (Å²) in [6.07, 6.45) is -5.48. The first kappa shape index (κ1) is 16.8. The van der Waals surface area contributed by atoms with E-state index in [1.807, 2.05) is 0 Å². The predicted molar refractivity (Wildman–Crippen MR) is 63.9 cm³/mol. The molecule has 0 saturated heterocycles. The Hall–Kier alpha value is -1.27. The minimum absolute atomic E-state index is 0.0374. The van der Waals surface area contributed by atoms with Crippen LogP contribution in [0.4, 0.5) is 13.2 Å². The van der Waals surface area contributed by atoms with Gasteiger partial charge in [0, 0.05) is 0 Å². The second-order valence-electron chi connectivity index (χ2n) is 6.22. The number of ether oxygens (including phenoxy) is 1. The van der Waals surface area contributed by atoms with Crippen molar-refractivity contribution in [2.75, 3.05) is 0 Å². The van der Waals surface area contributed by atoms with E-state index in [4.69, 9.17) is 4.74 Å². The van der Waals surface area contributed by atoms with Crippen molar-refractivity contribution < 1.29 is 32.6 Å². The Labute approximate surface area is 115 Å². The zero-order valence-corrected chi connectivity index (χ0v) is 11.7. The van der Waals surface area contributed by atoms with Crippen molar-refractivity contribution in [1.82, 2.24) is 0 Å². The number of hydrogen-bond acceptors (Lipinski definition) is 3. The Balaban J connectivity index is 3.04. The number of rotatable bonds is 2. The maximum absolute atomic E-state index is 12.8. The number of aliphatic carboxylic acids is 1. The molecule has 0 spiro atoms. The van der Waals surface area contributed by atoms with Crippen LogP contribution in [0.2, 0.25) is 0 Å². The largest absolute Gasteiger partial charge is 0.480 e. The molecule has 0 aromatic carbocycles. The molecule has 0 heterocycles. The third-order valence-electron chi connectivity index (χ3n) is 3.41. The van der Waals surface area contributed by atoms with Gasteiger partial charge in [-0.05, 0) is 40.0 Å². The number of carbonyl (C=O) groups is 2. The van der Waals surface area contributed by atoms with E-state index in [2.05, 4.69) is 0 Å². The molecule has 0 aromatic heterocycles. The maximum Gasteiger partial charge on any atom is 0.391 e. The monoisotopic (exact) mass is 296 g/mol. The molecule has 4 nitrogen and oxygen atoms in total. The minimum Gasteiger partial charge on any atom is -0.480 e. The van der Waals surface area contributed by atoms with Gasteiger partial charge in [0.2, 0.25) is 0 Å². The quantitative estimate of drug-likeness (QED) is 0.628. The summed E-state index contributed by atoms with van der Waals surface area (Å²) in [5.74, 6) is -4.40. The average molecular weight is 296 g/mol. The van der Waals surface area contributed by atoms with E-state index in [9.17, 15) is 27.9 Å². The van der Waals surface area contributed by atoms with Crippen molar-refractivity contribution in [3.63, 3.8) is 0 Å². The van der Waals surface area contributed by atoms with Crippen LogP contribution >= 0.6 is 0 Å². The lowest BCUT2D eigenvalue weighted by molar-refractivity contribution is -0.205. The van der Waals surface area contributed by atoms with Crippen LogP contribution in [0.5, 0.6) is 0 Å². The van der Waals surface area contributed by atoms with Crippen LogP contribution in [0.3, 0.4) is 0 Å². The Morgan fingerprint density at radius 3 is 2.20 bits per heavy atom. The SMILES string of the molecule is CC(C)(C)OC(=O)C1(C(=O)O)CCCC(C(F)(F)F)C1. The first-order valence-electron chi connectivity index (χ1n) is 6.42. The molecule has 1 aliphatic carbocycles. The Morgan fingerprint density at radius 1 is 1.25 bits per heavy atom. The van der Waals surface area contributed by atoms with Crippen LogP contribution in [0, 0.1) is 11.3 Å². The summed E-state index contributed by atoms with van der Waals surface area (Å²) in [6.45, 7) is 4.64. The van der Waals surface area contributed by atoms with Crippen LogP contribution in [-0.2, 0) is 14.3 Å². The van der Waals surface area contributed by atoms with Gasteiger partial charge in [-0.1, -0.05) is 6.42 Å². The van der Waals surface area contributed by atoms with E-state index in [1.165, 1.54) is 0 Å². The fourth-order valence-corrected chi connectivity index (χ4v) is 2.40. The average Bonchev–Trinajstić information content (AvgIpc) is 2.25. The fourth-order valence-electron chi connectivity index (χ4n) is 2.40. The number of hydrogen-bond donors (Lipinski definition) is 1. The number of halogens is 3. The summed E-state index contributed by atoms with van der Waals surface area (Å²) in [6, 6.07) is 0. The standard InChI is InChI=1S/C13H19F3O4/c1-11(2,3)20-10(19)12(9(17)18)6-4-5-8(7-12)13(14,15)16/h8H,4-7H2,1-3H3,(H,17,18). The molecule has 1 fully saturated rings. The van der Waals surface area contributed by atoms with Gasteiger partial charge in [-0.3, -0.25) is 9.59 Å². The van der Waals surface area contributed by atoms with Gasteiger partial charge < -0.3 is 9.84 Å². The van der Waals surface area contributed by atoms with Gasteiger partial charge in [0.05, 0.1) is 5.92 Å². The molecule has 0 amide bonds. The van der Waals surface area contributed by atoms with Gasteiger partial charge in [0.15, 0.2) is 5.41 Å². The molecule has 0 radical (unpaired) electrons. The topological polar surface area (TPSA) is 63.6 Å². The van der Waals surface area contributed by atoms with Crippen molar-refractivity contribution >= 4 is 11.9 Å². The van der Waals surface area contributed by atoms with Crippen molar-refractivity contribution in [1.29, 1.82) is 0 Å². The first-order valence-corrected chi connectivity index (χ1v) is 6.42. The highest BCUT2D eigenvalue weighted by Crippen LogP contribution is 2.47. The van der Waals surface area contributed by atoms with Gasteiger partial charge in [-0.2, -0.15) is 13.2 Å². The highest BCUT2D eigenvalue weighted by atomic mass is 19.4. The second-order valence-corrected chi connectivity index (χ2v) is 6.22. The summed E-state index contributed by atoms with van der Waals surface area (Å²) in [4.78, 5) is 23.5. The van der Waals surface area contributed by atoms with Gasteiger partial charge in [0.1, 0.15) is 5.60 Å². The smallest absolute Gasteiger partial charge is 0.391 e. The van der Waals surface area contributed by atoms with Gasteiger partial charge >= 0.3 is 18.1 Å². The molecule has 116 valence electrons. The van der Waals surface area contributed by atoms with Gasteiger partial charge in [0.25, 0.3) is 0 Å². The Kier molecular flexibility index (Phi) is 4.41. The van der Waals surface area contributed by atoms with E-state index in [0.717, 1.165) is 0 Å². The van der Waals surface area contributed by atoms with Crippen LogP contribution < -0.4 is 0 Å². The summed E-state index contributed by atoms with van der Waals surface area (Å²) in [7, 11) is 0. The molecule has 2 unspecified atom stereocenters. The molecule has 20 heavy (non-hydrogen) atoms. The van der Waals surface area contributed by atoms with Crippen molar-refractivity contribution in [3.8, 4) is 0 Å². The minimum atomic E-state index is -4.50. The number of carboxylic acids is 1. The number of carboxylic acid groups (broad SMARTS) is 1. The lowest BCUT2D eigenvalue weighted by atomic mass is 9.69. The molecular formula is C13H19F3O4. The molecule has 0 aromatic rings. The fraction of sp³-hybridized carbons (Fsp3) is 0.846. The molecule has 7 heteroatoms. The zero-order valence-electron chi connectivity index (χ0n) is 11.7. The zero-order chi connectivity index (χ0) is 15.8. The molecule has 1 saturated carbocycles. The Morgan fingerprint density at radius 2 is 1.80 bits per heavy atom. The van der Waals surface area contributed by atoms with Gasteiger partial charge in [-0.25, -0.2) is 0 Å². The highest BCUT2D eigenvalue weighted by molar-refractivity contribution is 5.99. The third kappa shape index (κ3) is 3.64. The number of esters is 1. The summed E-state index contributed by atoms with van der Waals surface area (Å²) >= 11 is 0. The first-order chi connectivity index (χ1) is 8.88. The van der Waals surface area contributed by atoms with Crippen molar-refractivity contribution in [2.45, 2.75) is 58.2 Å². The number of carbonyl (C=O) groups excluding carboxylic acids is 1. The van der Waals surface area contributed by atoms with Crippen LogP contribution in [0.1, 0.15) is 46.5 Å². The molecule has 2 atom stereocenters. The maximum atomic E-state index is 12.8. The highest BCUT2D eigenvalue weighted by Gasteiger charge is 2.56. The summed E-state index contributed by atoms with van der Waals surface area (Å²) in [5, 5.41) is 9.27. The van der Waals surface area contributed by atoms with Gasteiger partial charge in [-0.15, -0.1) is 0 Å². The van der Waals surface area contributed by atoms with Crippen LogP contribution in [-0.4, -0.2) is 28.8 Å². The van der Waals surface area contributed by atoms with Crippen LogP contribution in [0.15, 0.2) is 0 Å². The summed E-state index contributed by atoms with van der Waals surface area (Å²) < 4.78 is 43.4. The molecule has 1 N–H and O–H groups in total. The molecule has 1 aliphatic rings.